The highest BCUT2D eigenvalue weighted by atomic mass is 16.5. The number of methoxy groups -OCH3 is 1. The van der Waals surface area contributed by atoms with Crippen LogP contribution in [0.4, 0.5) is 0 Å². The molecule has 3 rings (SSSR count). The molecular weight excluding hydrogens is 236 g/mol. The van der Waals surface area contributed by atoms with Crippen LogP contribution >= 0.6 is 0 Å². The molecule has 1 aliphatic carbocycles. The van der Waals surface area contributed by atoms with Crippen LogP contribution < -0.4 is 10.1 Å². The maximum Gasteiger partial charge on any atom is 0.119 e. The van der Waals surface area contributed by atoms with E-state index in [4.69, 9.17) is 9.72 Å². The highest BCUT2D eigenvalue weighted by Crippen LogP contribution is 2.45. The third-order valence-corrected chi connectivity index (χ3v) is 4.30. The van der Waals surface area contributed by atoms with Crippen molar-refractivity contribution in [2.45, 2.75) is 24.7 Å². The standard InChI is InChI=1S/C16H20N2O/c1-17-11-16(7-3-8-16)15-14-10-13(19-2)5-4-12(14)6-9-18-15/h4-6,9-10,17H,3,7-8,11H2,1-2H3. The summed E-state index contributed by atoms with van der Waals surface area (Å²) >= 11 is 0. The monoisotopic (exact) mass is 256 g/mol. The lowest BCUT2D eigenvalue weighted by Gasteiger charge is -2.42. The molecule has 0 aliphatic heterocycles. The molecule has 0 unspecified atom stereocenters. The van der Waals surface area contributed by atoms with Gasteiger partial charge in [0.25, 0.3) is 0 Å². The zero-order chi connectivity index (χ0) is 13.3. The lowest BCUT2D eigenvalue weighted by Crippen LogP contribution is -2.43. The van der Waals surface area contributed by atoms with Gasteiger partial charge in [0.05, 0.1) is 12.8 Å². The quantitative estimate of drug-likeness (QED) is 0.913. The molecule has 1 fully saturated rings. The summed E-state index contributed by atoms with van der Waals surface area (Å²) in [4.78, 5) is 4.70. The van der Waals surface area contributed by atoms with Crippen LogP contribution in [0.5, 0.6) is 5.75 Å². The van der Waals surface area contributed by atoms with Gasteiger partial charge in [-0.25, -0.2) is 0 Å². The van der Waals surface area contributed by atoms with Crippen LogP contribution in [-0.2, 0) is 5.41 Å². The van der Waals surface area contributed by atoms with E-state index in [1.165, 1.54) is 35.7 Å². The fraction of sp³-hybridized carbons (Fsp3) is 0.438. The minimum absolute atomic E-state index is 0.209. The minimum Gasteiger partial charge on any atom is -0.497 e. The number of hydrogen-bond acceptors (Lipinski definition) is 3. The van der Waals surface area contributed by atoms with Crippen LogP contribution in [0.1, 0.15) is 25.0 Å². The van der Waals surface area contributed by atoms with Crippen molar-refractivity contribution in [1.29, 1.82) is 0 Å². The molecular formula is C16H20N2O. The van der Waals surface area contributed by atoms with E-state index in [0.717, 1.165) is 12.3 Å². The van der Waals surface area contributed by atoms with Gasteiger partial charge in [0.15, 0.2) is 0 Å². The summed E-state index contributed by atoms with van der Waals surface area (Å²) in [5.41, 5.74) is 1.44. The number of benzene rings is 1. The van der Waals surface area contributed by atoms with Crippen molar-refractivity contribution < 1.29 is 4.74 Å². The third-order valence-electron chi connectivity index (χ3n) is 4.30. The molecule has 1 saturated carbocycles. The fourth-order valence-electron chi connectivity index (χ4n) is 3.14. The Morgan fingerprint density at radius 1 is 1.32 bits per heavy atom. The first-order valence-corrected chi connectivity index (χ1v) is 6.87. The lowest BCUT2D eigenvalue weighted by molar-refractivity contribution is 0.234. The van der Waals surface area contributed by atoms with Gasteiger partial charge in [-0.05, 0) is 43.5 Å². The van der Waals surface area contributed by atoms with Crippen molar-refractivity contribution in [2.24, 2.45) is 0 Å². The Bertz CT molecular complexity index is 590. The molecule has 3 nitrogen and oxygen atoms in total. The number of ether oxygens (including phenoxy) is 1. The number of pyridine rings is 1. The van der Waals surface area contributed by atoms with Gasteiger partial charge in [-0.2, -0.15) is 0 Å². The van der Waals surface area contributed by atoms with Gasteiger partial charge >= 0.3 is 0 Å². The summed E-state index contributed by atoms with van der Waals surface area (Å²) in [5, 5.41) is 5.81. The SMILES string of the molecule is CNCC1(c2nccc3ccc(OC)cc23)CCC1. The van der Waals surface area contributed by atoms with Crippen LogP contribution in [0.3, 0.4) is 0 Å². The maximum atomic E-state index is 5.36. The van der Waals surface area contributed by atoms with Crippen molar-refractivity contribution >= 4 is 10.8 Å². The number of likely N-dealkylation sites (N-methyl/N-ethyl adjacent to an activating group) is 1. The fourth-order valence-corrected chi connectivity index (χ4v) is 3.14. The number of aromatic nitrogens is 1. The molecule has 1 N–H and O–H groups in total. The van der Waals surface area contributed by atoms with Gasteiger partial charge in [0.1, 0.15) is 5.75 Å². The molecule has 3 heteroatoms. The Balaban J connectivity index is 2.16. The molecule has 1 aliphatic rings. The summed E-state index contributed by atoms with van der Waals surface area (Å²) in [7, 11) is 3.73. The number of nitrogens with zero attached hydrogens (tertiary/aromatic N) is 1. The summed E-state index contributed by atoms with van der Waals surface area (Å²) < 4.78 is 5.36. The van der Waals surface area contributed by atoms with Crippen LogP contribution in [-0.4, -0.2) is 25.7 Å². The molecule has 1 aromatic carbocycles. The first-order valence-electron chi connectivity index (χ1n) is 6.87. The third kappa shape index (κ3) is 1.98. The molecule has 0 amide bonds. The van der Waals surface area contributed by atoms with E-state index in [1.54, 1.807) is 7.11 Å². The summed E-state index contributed by atoms with van der Waals surface area (Å²) in [6.07, 6.45) is 5.66. The lowest BCUT2D eigenvalue weighted by atomic mass is 9.65. The van der Waals surface area contributed by atoms with E-state index in [1.807, 2.05) is 19.3 Å². The van der Waals surface area contributed by atoms with Gasteiger partial charge in [0, 0.05) is 23.5 Å². The summed E-state index contributed by atoms with van der Waals surface area (Å²) in [6, 6.07) is 8.32. The smallest absolute Gasteiger partial charge is 0.119 e. The van der Waals surface area contributed by atoms with Gasteiger partial charge in [-0.15, -0.1) is 0 Å². The minimum atomic E-state index is 0.209. The molecule has 0 spiro atoms. The Morgan fingerprint density at radius 2 is 2.16 bits per heavy atom. The van der Waals surface area contributed by atoms with Gasteiger partial charge in [-0.3, -0.25) is 4.98 Å². The Kier molecular flexibility index (Phi) is 3.15. The van der Waals surface area contributed by atoms with Crippen molar-refractivity contribution in [3.8, 4) is 5.75 Å². The average molecular weight is 256 g/mol. The Hall–Kier alpha value is -1.61. The highest BCUT2D eigenvalue weighted by molar-refractivity contribution is 5.86. The van der Waals surface area contributed by atoms with Crippen molar-refractivity contribution in [3.63, 3.8) is 0 Å². The van der Waals surface area contributed by atoms with E-state index in [0.29, 0.717) is 0 Å². The number of nitrogens with one attached hydrogen (secondary N) is 1. The second-order valence-corrected chi connectivity index (χ2v) is 5.41. The predicted octanol–water partition coefficient (Wildman–Crippen LogP) is 2.88. The van der Waals surface area contributed by atoms with E-state index in [9.17, 15) is 0 Å². The number of fused-ring (bicyclic) bond motifs is 1. The summed E-state index contributed by atoms with van der Waals surface area (Å²) in [6.45, 7) is 0.996. The molecule has 2 aromatic rings. The largest absolute Gasteiger partial charge is 0.497 e. The molecule has 0 saturated heterocycles. The highest BCUT2D eigenvalue weighted by Gasteiger charge is 2.40. The molecule has 0 bridgehead atoms. The average Bonchev–Trinajstić information content (AvgIpc) is 2.42. The zero-order valence-corrected chi connectivity index (χ0v) is 11.6. The summed E-state index contributed by atoms with van der Waals surface area (Å²) in [5.74, 6) is 0.903. The Morgan fingerprint density at radius 3 is 2.79 bits per heavy atom. The Labute approximate surface area is 114 Å². The van der Waals surface area contributed by atoms with Crippen LogP contribution in [0, 0.1) is 0 Å². The van der Waals surface area contributed by atoms with E-state index >= 15 is 0 Å². The second-order valence-electron chi connectivity index (χ2n) is 5.41. The first-order chi connectivity index (χ1) is 9.29. The molecule has 0 radical (unpaired) electrons. The maximum absolute atomic E-state index is 5.36. The van der Waals surface area contributed by atoms with Crippen LogP contribution in [0.2, 0.25) is 0 Å². The number of hydrogen-bond donors (Lipinski definition) is 1. The predicted molar refractivity (Wildman–Crippen MR) is 77.8 cm³/mol. The molecule has 1 aromatic heterocycles. The van der Waals surface area contributed by atoms with E-state index in [2.05, 4.69) is 23.5 Å². The number of rotatable bonds is 4. The van der Waals surface area contributed by atoms with Gasteiger partial charge in [0.2, 0.25) is 0 Å². The first kappa shape index (κ1) is 12.4. The molecule has 1 heterocycles. The van der Waals surface area contributed by atoms with Crippen LogP contribution in [0.15, 0.2) is 30.5 Å². The zero-order valence-electron chi connectivity index (χ0n) is 11.6. The van der Waals surface area contributed by atoms with E-state index in [-0.39, 0.29) is 5.41 Å². The van der Waals surface area contributed by atoms with Crippen molar-refractivity contribution in [1.82, 2.24) is 10.3 Å². The topological polar surface area (TPSA) is 34.2 Å². The van der Waals surface area contributed by atoms with Crippen molar-refractivity contribution in [3.05, 3.63) is 36.2 Å². The van der Waals surface area contributed by atoms with Crippen molar-refractivity contribution in [2.75, 3.05) is 20.7 Å². The second kappa shape index (κ2) is 4.82. The van der Waals surface area contributed by atoms with Crippen LogP contribution in [0.25, 0.3) is 10.8 Å². The van der Waals surface area contributed by atoms with Gasteiger partial charge in [-0.1, -0.05) is 12.5 Å². The van der Waals surface area contributed by atoms with Gasteiger partial charge < -0.3 is 10.1 Å². The molecule has 0 atom stereocenters. The van der Waals surface area contributed by atoms with E-state index < -0.39 is 0 Å². The molecule has 19 heavy (non-hydrogen) atoms. The molecule has 100 valence electrons. The normalized spacial score (nSPS) is 17.2.